The lowest BCUT2D eigenvalue weighted by Gasteiger charge is -2.05. The molecule has 1 heterocycles. The Balaban J connectivity index is 2.45. The van der Waals surface area contributed by atoms with E-state index in [2.05, 4.69) is 17.2 Å². The number of carbonyl (C=O) groups excluding carboxylic acids is 1. The second-order valence-electron chi connectivity index (χ2n) is 3.23. The number of aromatic nitrogens is 2. The van der Waals surface area contributed by atoms with E-state index in [1.807, 2.05) is 0 Å². The van der Waals surface area contributed by atoms with Gasteiger partial charge in [-0.05, 0) is 12.5 Å². The number of nitrogens with one attached hydrogen (secondary N) is 1. The van der Waals surface area contributed by atoms with Gasteiger partial charge >= 0.3 is 5.69 Å². The van der Waals surface area contributed by atoms with Gasteiger partial charge in [-0.3, -0.25) is 9.36 Å². The molecule has 0 saturated heterocycles. The summed E-state index contributed by atoms with van der Waals surface area (Å²) in [4.78, 5) is 26.1. The van der Waals surface area contributed by atoms with Crippen LogP contribution in [0.2, 0.25) is 0 Å². The van der Waals surface area contributed by atoms with Gasteiger partial charge in [0.15, 0.2) is 0 Å². The summed E-state index contributed by atoms with van der Waals surface area (Å²) in [5, 5.41) is 2.73. The fraction of sp³-hybridized carbons (Fsp3) is 0.500. The fourth-order valence-electron chi connectivity index (χ4n) is 1.12. The van der Waals surface area contributed by atoms with Crippen molar-refractivity contribution in [3.63, 3.8) is 0 Å². The largest absolute Gasteiger partial charge is 0.355 e. The molecule has 1 rings (SSSR count). The number of rotatable bonds is 5. The van der Waals surface area contributed by atoms with Crippen LogP contribution in [0.4, 0.5) is 0 Å². The smallest absolute Gasteiger partial charge is 0.347 e. The first-order valence-electron chi connectivity index (χ1n) is 5.02. The first-order valence-corrected chi connectivity index (χ1v) is 5.02. The topological polar surface area (TPSA) is 64.0 Å². The zero-order valence-corrected chi connectivity index (χ0v) is 8.77. The Morgan fingerprint density at radius 3 is 3.07 bits per heavy atom. The van der Waals surface area contributed by atoms with E-state index < -0.39 is 5.69 Å². The quantitative estimate of drug-likeness (QED) is 0.702. The molecule has 1 amide bonds. The molecule has 5 heteroatoms. The Bertz CT molecular complexity index is 373. The Kier molecular flexibility index (Phi) is 4.53. The summed E-state index contributed by atoms with van der Waals surface area (Å²) in [6, 6.07) is 1.63. The van der Waals surface area contributed by atoms with Gasteiger partial charge in [-0.15, -0.1) is 0 Å². The monoisotopic (exact) mass is 209 g/mol. The molecule has 1 aromatic heterocycles. The van der Waals surface area contributed by atoms with Crippen LogP contribution in [0.3, 0.4) is 0 Å². The molecular weight excluding hydrogens is 194 g/mol. The average Bonchev–Trinajstić information content (AvgIpc) is 2.22. The van der Waals surface area contributed by atoms with Gasteiger partial charge in [0.1, 0.15) is 6.54 Å². The van der Waals surface area contributed by atoms with E-state index in [9.17, 15) is 9.59 Å². The summed E-state index contributed by atoms with van der Waals surface area (Å²) in [6.07, 6.45) is 4.95. The molecule has 0 saturated carbocycles. The van der Waals surface area contributed by atoms with Gasteiger partial charge in [-0.25, -0.2) is 9.78 Å². The highest BCUT2D eigenvalue weighted by molar-refractivity contribution is 5.75. The van der Waals surface area contributed by atoms with Gasteiger partial charge in [0.05, 0.1) is 0 Å². The summed E-state index contributed by atoms with van der Waals surface area (Å²) < 4.78 is 1.28. The van der Waals surface area contributed by atoms with Crippen LogP contribution in [-0.2, 0) is 11.3 Å². The predicted octanol–water partition coefficient (Wildman–Crippen LogP) is 0.160. The fourth-order valence-corrected chi connectivity index (χ4v) is 1.12. The molecule has 0 fully saturated rings. The third kappa shape index (κ3) is 3.93. The van der Waals surface area contributed by atoms with Crippen molar-refractivity contribution in [1.29, 1.82) is 0 Å². The molecule has 0 unspecified atom stereocenters. The summed E-state index contributed by atoms with van der Waals surface area (Å²) in [6.45, 7) is 2.75. The Morgan fingerprint density at radius 2 is 2.40 bits per heavy atom. The molecule has 0 aliphatic heterocycles. The van der Waals surface area contributed by atoms with Crippen LogP contribution in [-0.4, -0.2) is 22.0 Å². The zero-order valence-electron chi connectivity index (χ0n) is 8.77. The minimum atomic E-state index is -0.400. The number of unbranched alkanes of at least 4 members (excludes halogenated alkanes) is 1. The maximum atomic E-state index is 11.3. The maximum Gasteiger partial charge on any atom is 0.347 e. The molecule has 15 heavy (non-hydrogen) atoms. The molecule has 0 aliphatic carbocycles. The van der Waals surface area contributed by atoms with E-state index in [-0.39, 0.29) is 12.5 Å². The van der Waals surface area contributed by atoms with Gasteiger partial charge in [0, 0.05) is 18.9 Å². The highest BCUT2D eigenvalue weighted by Crippen LogP contribution is 1.84. The molecule has 0 atom stereocenters. The average molecular weight is 209 g/mol. The summed E-state index contributed by atoms with van der Waals surface area (Å²) in [5.41, 5.74) is -0.400. The molecule has 82 valence electrons. The molecule has 0 aliphatic rings. The molecule has 1 aromatic rings. The van der Waals surface area contributed by atoms with Crippen molar-refractivity contribution >= 4 is 5.91 Å². The lowest BCUT2D eigenvalue weighted by atomic mass is 10.3. The van der Waals surface area contributed by atoms with Crippen molar-refractivity contribution in [3.8, 4) is 0 Å². The number of hydrogen-bond acceptors (Lipinski definition) is 3. The zero-order chi connectivity index (χ0) is 11.1. The van der Waals surface area contributed by atoms with Gasteiger partial charge < -0.3 is 5.32 Å². The van der Waals surface area contributed by atoms with Crippen LogP contribution in [0.5, 0.6) is 0 Å². The number of hydrogen-bond donors (Lipinski definition) is 1. The van der Waals surface area contributed by atoms with Crippen molar-refractivity contribution in [3.05, 3.63) is 28.9 Å². The summed E-state index contributed by atoms with van der Waals surface area (Å²) in [7, 11) is 0. The molecule has 0 spiro atoms. The molecular formula is C10H15N3O2. The molecule has 0 bridgehead atoms. The summed E-state index contributed by atoms with van der Waals surface area (Å²) in [5.74, 6) is -0.154. The minimum Gasteiger partial charge on any atom is -0.355 e. The van der Waals surface area contributed by atoms with Gasteiger partial charge in [-0.1, -0.05) is 13.3 Å². The number of amides is 1. The number of nitrogens with zero attached hydrogens (tertiary/aromatic N) is 2. The van der Waals surface area contributed by atoms with Crippen LogP contribution in [0.15, 0.2) is 23.3 Å². The highest BCUT2D eigenvalue weighted by atomic mass is 16.2. The van der Waals surface area contributed by atoms with E-state index in [4.69, 9.17) is 0 Å². The van der Waals surface area contributed by atoms with Crippen LogP contribution in [0.1, 0.15) is 19.8 Å². The van der Waals surface area contributed by atoms with Gasteiger partial charge in [-0.2, -0.15) is 0 Å². The summed E-state index contributed by atoms with van der Waals surface area (Å²) >= 11 is 0. The number of carbonyl (C=O) groups is 1. The van der Waals surface area contributed by atoms with Crippen molar-refractivity contribution in [1.82, 2.24) is 14.9 Å². The van der Waals surface area contributed by atoms with Gasteiger partial charge in [0.25, 0.3) is 0 Å². The van der Waals surface area contributed by atoms with E-state index in [1.54, 1.807) is 12.3 Å². The van der Waals surface area contributed by atoms with E-state index in [0.29, 0.717) is 6.54 Å². The molecule has 5 nitrogen and oxygen atoms in total. The Morgan fingerprint density at radius 1 is 1.60 bits per heavy atom. The van der Waals surface area contributed by atoms with Gasteiger partial charge in [0.2, 0.25) is 5.91 Å². The van der Waals surface area contributed by atoms with Crippen LogP contribution in [0, 0.1) is 0 Å². The highest BCUT2D eigenvalue weighted by Gasteiger charge is 2.02. The SMILES string of the molecule is CCCCNC(=O)Cn1cccnc1=O. The van der Waals surface area contributed by atoms with Crippen molar-refractivity contribution in [2.24, 2.45) is 0 Å². The third-order valence-corrected chi connectivity index (χ3v) is 1.95. The lowest BCUT2D eigenvalue weighted by molar-refractivity contribution is -0.121. The van der Waals surface area contributed by atoms with Crippen LogP contribution in [0.25, 0.3) is 0 Å². The molecule has 1 N–H and O–H groups in total. The second kappa shape index (κ2) is 5.95. The predicted molar refractivity (Wildman–Crippen MR) is 56.4 cm³/mol. The van der Waals surface area contributed by atoms with Crippen molar-refractivity contribution < 1.29 is 4.79 Å². The maximum absolute atomic E-state index is 11.3. The minimum absolute atomic E-state index is 0.0381. The van der Waals surface area contributed by atoms with Crippen LogP contribution >= 0.6 is 0 Å². The second-order valence-corrected chi connectivity index (χ2v) is 3.23. The van der Waals surface area contributed by atoms with Crippen molar-refractivity contribution in [2.75, 3.05) is 6.54 Å². The normalized spacial score (nSPS) is 9.93. The van der Waals surface area contributed by atoms with E-state index in [0.717, 1.165) is 12.8 Å². The molecule has 0 aromatic carbocycles. The third-order valence-electron chi connectivity index (χ3n) is 1.95. The van der Waals surface area contributed by atoms with Crippen molar-refractivity contribution in [2.45, 2.75) is 26.3 Å². The standard InChI is InChI=1S/C10H15N3O2/c1-2-3-5-11-9(14)8-13-7-4-6-12-10(13)15/h4,6-7H,2-3,5,8H2,1H3,(H,11,14). The van der Waals surface area contributed by atoms with Crippen LogP contribution < -0.4 is 11.0 Å². The first-order chi connectivity index (χ1) is 7.24. The first kappa shape index (κ1) is 11.4. The Hall–Kier alpha value is -1.65. The van der Waals surface area contributed by atoms with E-state index >= 15 is 0 Å². The lowest BCUT2D eigenvalue weighted by Crippen LogP contribution is -2.33. The Labute approximate surface area is 88.1 Å². The molecule has 0 radical (unpaired) electrons. The van der Waals surface area contributed by atoms with E-state index in [1.165, 1.54) is 10.8 Å².